The van der Waals surface area contributed by atoms with Crippen molar-refractivity contribution in [2.75, 3.05) is 0 Å². The van der Waals surface area contributed by atoms with Gasteiger partial charge in [-0.25, -0.2) is 9.79 Å². The molecule has 0 amide bonds. The lowest BCUT2D eigenvalue weighted by atomic mass is 10.0. The molecule has 7 heteroatoms. The van der Waals surface area contributed by atoms with Crippen molar-refractivity contribution in [2.45, 2.75) is 13.8 Å². The Morgan fingerprint density at radius 2 is 1.97 bits per heavy atom. The SMILES string of the molecule is CC(C)C(C=N)=CC(N)=NC1=CC=C2NC=C(C(=O)Oc3ccccc3)C=C2N1. The molecule has 0 saturated carbocycles. The number of aliphatic imine (C=N–C) groups is 1. The molecule has 1 aromatic rings. The van der Waals surface area contributed by atoms with Crippen LogP contribution < -0.4 is 21.1 Å². The minimum absolute atomic E-state index is 0.176. The molecule has 0 bridgehead atoms. The van der Waals surface area contributed by atoms with Crippen LogP contribution in [0.4, 0.5) is 0 Å². The smallest absolute Gasteiger partial charge is 0.345 e. The van der Waals surface area contributed by atoms with E-state index >= 15 is 0 Å². The van der Waals surface area contributed by atoms with Crippen LogP contribution in [0.3, 0.4) is 0 Å². The second-order valence-electron chi connectivity index (χ2n) is 6.74. The maximum absolute atomic E-state index is 12.4. The van der Waals surface area contributed by atoms with Crippen molar-refractivity contribution in [3.63, 3.8) is 0 Å². The van der Waals surface area contributed by atoms with Crippen LogP contribution in [0.5, 0.6) is 5.75 Å². The number of para-hydroxylation sites is 1. The molecule has 0 saturated heterocycles. The highest BCUT2D eigenvalue weighted by Crippen LogP contribution is 2.21. The number of nitrogens with one attached hydrogen (secondary N) is 3. The van der Waals surface area contributed by atoms with Crippen molar-refractivity contribution >= 4 is 18.0 Å². The average molecular weight is 389 g/mol. The molecule has 1 aromatic carbocycles. The molecule has 2 aliphatic heterocycles. The van der Waals surface area contributed by atoms with E-state index in [1.54, 1.807) is 48.7 Å². The van der Waals surface area contributed by atoms with Gasteiger partial charge in [-0.3, -0.25) is 0 Å². The van der Waals surface area contributed by atoms with Gasteiger partial charge in [0.05, 0.1) is 17.0 Å². The number of hydrogen-bond acceptors (Lipinski definition) is 6. The van der Waals surface area contributed by atoms with Crippen molar-refractivity contribution in [1.82, 2.24) is 10.6 Å². The van der Waals surface area contributed by atoms with E-state index in [1.165, 1.54) is 6.21 Å². The number of fused-ring (bicyclic) bond motifs is 1. The molecule has 3 rings (SSSR count). The Morgan fingerprint density at radius 3 is 2.66 bits per heavy atom. The molecule has 7 nitrogen and oxygen atoms in total. The van der Waals surface area contributed by atoms with Gasteiger partial charge in [0.15, 0.2) is 0 Å². The van der Waals surface area contributed by atoms with E-state index in [4.69, 9.17) is 15.9 Å². The summed E-state index contributed by atoms with van der Waals surface area (Å²) in [6.45, 7) is 3.97. The van der Waals surface area contributed by atoms with Crippen molar-refractivity contribution in [1.29, 1.82) is 5.41 Å². The number of benzene rings is 1. The zero-order valence-corrected chi connectivity index (χ0v) is 16.3. The van der Waals surface area contributed by atoms with Crippen LogP contribution in [0.15, 0.2) is 94.2 Å². The second kappa shape index (κ2) is 8.88. The van der Waals surface area contributed by atoms with Gasteiger partial charge in [0.2, 0.25) is 0 Å². The first-order valence-electron chi connectivity index (χ1n) is 9.17. The quantitative estimate of drug-likeness (QED) is 0.259. The number of nitrogens with zero attached hydrogens (tertiary/aromatic N) is 1. The Bertz CT molecular complexity index is 995. The van der Waals surface area contributed by atoms with E-state index in [2.05, 4.69) is 15.6 Å². The topological polar surface area (TPSA) is 113 Å². The van der Waals surface area contributed by atoms with E-state index in [9.17, 15) is 4.79 Å². The Kier molecular flexibility index (Phi) is 6.09. The Hall–Kier alpha value is -3.87. The van der Waals surface area contributed by atoms with Crippen LogP contribution in [0.1, 0.15) is 13.8 Å². The molecule has 0 spiro atoms. The van der Waals surface area contributed by atoms with Crippen LogP contribution >= 0.6 is 0 Å². The molecular weight excluding hydrogens is 366 g/mol. The zero-order valence-electron chi connectivity index (χ0n) is 16.3. The minimum atomic E-state index is -0.466. The summed E-state index contributed by atoms with van der Waals surface area (Å²) in [5.74, 6) is 1.01. The fourth-order valence-corrected chi connectivity index (χ4v) is 2.65. The zero-order chi connectivity index (χ0) is 20.8. The van der Waals surface area contributed by atoms with E-state index in [-0.39, 0.29) is 11.8 Å². The first kappa shape index (κ1) is 19.9. The maximum atomic E-state index is 12.4. The molecule has 0 aromatic heterocycles. The van der Waals surface area contributed by atoms with Gasteiger partial charge >= 0.3 is 5.97 Å². The second-order valence-corrected chi connectivity index (χ2v) is 6.74. The summed E-state index contributed by atoms with van der Waals surface area (Å²) in [5, 5.41) is 13.7. The summed E-state index contributed by atoms with van der Waals surface area (Å²) < 4.78 is 5.37. The number of hydrogen-bond donors (Lipinski definition) is 4. The van der Waals surface area contributed by atoms with Crippen LogP contribution in [-0.4, -0.2) is 18.0 Å². The third-order valence-electron chi connectivity index (χ3n) is 4.23. The van der Waals surface area contributed by atoms with Crippen molar-refractivity contribution in [2.24, 2.45) is 16.6 Å². The third kappa shape index (κ3) is 5.10. The first-order valence-corrected chi connectivity index (χ1v) is 9.17. The number of nitrogens with two attached hydrogens (primary N) is 1. The molecule has 0 aliphatic carbocycles. The highest BCUT2D eigenvalue weighted by atomic mass is 16.5. The highest BCUT2D eigenvalue weighted by Gasteiger charge is 2.20. The number of allylic oxidation sites excluding steroid dienone is 3. The van der Waals surface area contributed by atoms with Crippen molar-refractivity contribution in [3.05, 3.63) is 89.2 Å². The Labute approximate surface area is 169 Å². The van der Waals surface area contributed by atoms with E-state index in [0.29, 0.717) is 22.8 Å². The number of dihydropyridines is 2. The largest absolute Gasteiger partial charge is 0.423 e. The number of rotatable bonds is 6. The van der Waals surface area contributed by atoms with Gasteiger partial charge in [0.25, 0.3) is 0 Å². The molecule has 148 valence electrons. The van der Waals surface area contributed by atoms with Gasteiger partial charge in [-0.15, -0.1) is 0 Å². The minimum Gasteiger partial charge on any atom is -0.423 e. The molecule has 2 aliphatic rings. The van der Waals surface area contributed by atoms with E-state index in [1.807, 2.05) is 26.0 Å². The van der Waals surface area contributed by atoms with Crippen LogP contribution in [0.2, 0.25) is 0 Å². The predicted octanol–water partition coefficient (Wildman–Crippen LogP) is 2.88. The Balaban J connectivity index is 1.73. The molecule has 2 heterocycles. The lowest BCUT2D eigenvalue weighted by molar-refractivity contribution is -0.129. The van der Waals surface area contributed by atoms with Gasteiger partial charge in [-0.1, -0.05) is 32.0 Å². The van der Waals surface area contributed by atoms with Crippen LogP contribution in [0, 0.1) is 11.3 Å². The summed E-state index contributed by atoms with van der Waals surface area (Å²) in [6, 6.07) is 8.89. The normalized spacial score (nSPS) is 16.4. The fraction of sp³-hybridized carbons (Fsp3) is 0.136. The summed E-state index contributed by atoms with van der Waals surface area (Å²) in [6.07, 6.45) is 9.86. The summed E-state index contributed by atoms with van der Waals surface area (Å²) in [7, 11) is 0. The number of carbonyl (C=O) groups excluding carboxylic acids is 1. The van der Waals surface area contributed by atoms with Crippen LogP contribution in [0.25, 0.3) is 0 Å². The van der Waals surface area contributed by atoms with E-state index in [0.717, 1.165) is 11.3 Å². The maximum Gasteiger partial charge on any atom is 0.345 e. The molecule has 0 fully saturated rings. The number of esters is 1. The first-order chi connectivity index (χ1) is 14.0. The molecule has 0 atom stereocenters. The monoisotopic (exact) mass is 389 g/mol. The van der Waals surface area contributed by atoms with E-state index < -0.39 is 5.97 Å². The number of amidine groups is 1. The third-order valence-corrected chi connectivity index (χ3v) is 4.23. The van der Waals surface area contributed by atoms with Crippen LogP contribution in [-0.2, 0) is 4.79 Å². The van der Waals surface area contributed by atoms with Crippen molar-refractivity contribution in [3.8, 4) is 5.75 Å². The highest BCUT2D eigenvalue weighted by molar-refractivity contribution is 5.97. The van der Waals surface area contributed by atoms with Gasteiger partial charge in [0, 0.05) is 12.4 Å². The summed E-state index contributed by atoms with van der Waals surface area (Å²) in [5.41, 5.74) is 8.64. The molecule has 0 unspecified atom stereocenters. The standard InChI is InChI=1S/C22H23N5O2/c1-14(2)15(12-23)11-20(24)27-21-9-8-18-19(26-21)10-16(13-25-18)22(28)29-17-6-4-3-5-7-17/h3-14,23,25-26H,1-2H3,(H2,24,27). The van der Waals surface area contributed by atoms with Gasteiger partial charge in [0.1, 0.15) is 17.4 Å². The van der Waals surface area contributed by atoms with Crippen molar-refractivity contribution < 1.29 is 9.53 Å². The lowest BCUT2D eigenvalue weighted by Gasteiger charge is -2.22. The van der Waals surface area contributed by atoms with Gasteiger partial charge < -0.3 is 26.5 Å². The number of carbonyl (C=O) groups is 1. The summed E-state index contributed by atoms with van der Waals surface area (Å²) >= 11 is 0. The Morgan fingerprint density at radius 1 is 1.21 bits per heavy atom. The fourth-order valence-electron chi connectivity index (χ4n) is 2.65. The molecular formula is C22H23N5O2. The molecule has 29 heavy (non-hydrogen) atoms. The van der Waals surface area contributed by atoms with Gasteiger partial charge in [-0.05, 0) is 47.9 Å². The molecule has 0 radical (unpaired) electrons. The molecule has 5 N–H and O–H groups in total. The lowest BCUT2D eigenvalue weighted by Crippen LogP contribution is -2.28. The van der Waals surface area contributed by atoms with Gasteiger partial charge in [-0.2, -0.15) is 0 Å². The average Bonchev–Trinajstić information content (AvgIpc) is 2.72. The summed E-state index contributed by atoms with van der Waals surface area (Å²) in [4.78, 5) is 16.8. The number of ether oxygens (including phenoxy) is 1. The predicted molar refractivity (Wildman–Crippen MR) is 114 cm³/mol.